The molecule has 2 amide bonds. The molecule has 0 aliphatic rings. The lowest BCUT2D eigenvalue weighted by Gasteiger charge is -2.14. The van der Waals surface area contributed by atoms with Gasteiger partial charge in [0.25, 0.3) is 0 Å². The van der Waals surface area contributed by atoms with Gasteiger partial charge in [-0.15, -0.1) is 0 Å². The first kappa shape index (κ1) is 21.7. The lowest BCUT2D eigenvalue weighted by atomic mass is 10.2. The van der Waals surface area contributed by atoms with Crippen LogP contribution in [0.3, 0.4) is 0 Å². The standard InChI is InChI=1S/C10H8F4N2O8S2/c11-9(12,25(19,20)21)7(17)15-5-1-2-6(4-3-5)16-8(18)10(13,14)26(22,23)24/h1-4H,(H,15,17)(H,16,18)(H,19,20,21)(H,22,23,24). The monoisotopic (exact) mass is 424 g/mol. The van der Waals surface area contributed by atoms with Gasteiger partial charge in [0.15, 0.2) is 0 Å². The average Bonchev–Trinajstić information content (AvgIpc) is 2.46. The van der Waals surface area contributed by atoms with Crippen molar-refractivity contribution in [2.24, 2.45) is 0 Å². The molecule has 0 aliphatic heterocycles. The summed E-state index contributed by atoms with van der Waals surface area (Å²) in [6.07, 6.45) is 0. The van der Waals surface area contributed by atoms with Gasteiger partial charge in [0.05, 0.1) is 0 Å². The number of hydrogen-bond donors (Lipinski definition) is 4. The normalized spacial score (nSPS) is 13.2. The maximum absolute atomic E-state index is 13.0. The third-order valence-corrected chi connectivity index (χ3v) is 4.24. The van der Waals surface area contributed by atoms with Crippen molar-refractivity contribution in [3.63, 3.8) is 0 Å². The minimum absolute atomic E-state index is 0.488. The average molecular weight is 424 g/mol. The number of alkyl halides is 4. The van der Waals surface area contributed by atoms with Gasteiger partial charge in [0, 0.05) is 11.4 Å². The van der Waals surface area contributed by atoms with E-state index in [1.807, 2.05) is 0 Å². The molecule has 1 aromatic rings. The molecule has 0 aliphatic carbocycles. The van der Waals surface area contributed by atoms with Crippen LogP contribution < -0.4 is 10.6 Å². The van der Waals surface area contributed by atoms with E-state index >= 15 is 0 Å². The number of anilines is 2. The Kier molecular flexibility index (Phi) is 5.67. The van der Waals surface area contributed by atoms with Gasteiger partial charge < -0.3 is 10.6 Å². The zero-order chi connectivity index (χ0) is 20.6. The van der Waals surface area contributed by atoms with Crippen LogP contribution in [-0.4, -0.2) is 48.3 Å². The number of nitrogens with one attached hydrogen (secondary N) is 2. The fraction of sp³-hybridized carbons (Fsp3) is 0.200. The second kappa shape index (κ2) is 6.78. The Labute approximate surface area is 142 Å². The van der Waals surface area contributed by atoms with Crippen LogP contribution in [0.5, 0.6) is 0 Å². The molecule has 0 spiro atoms. The van der Waals surface area contributed by atoms with Gasteiger partial charge in [-0.25, -0.2) is 0 Å². The van der Waals surface area contributed by atoms with E-state index in [1.165, 1.54) is 10.6 Å². The van der Waals surface area contributed by atoms with E-state index in [1.54, 1.807) is 0 Å². The Morgan fingerprint density at radius 2 is 0.962 bits per heavy atom. The summed E-state index contributed by atoms with van der Waals surface area (Å²) in [6.45, 7) is 0. The third-order valence-electron chi connectivity index (χ3n) is 2.58. The number of carbonyl (C=O) groups excluding carboxylic acids is 2. The van der Waals surface area contributed by atoms with E-state index in [0.29, 0.717) is 0 Å². The fourth-order valence-electron chi connectivity index (χ4n) is 1.28. The fourth-order valence-corrected chi connectivity index (χ4v) is 1.85. The van der Waals surface area contributed by atoms with Crippen molar-refractivity contribution in [2.45, 2.75) is 10.5 Å². The molecule has 0 atom stereocenters. The Morgan fingerprint density at radius 1 is 0.731 bits per heavy atom. The molecule has 0 bridgehead atoms. The number of benzene rings is 1. The first-order valence-corrected chi connectivity index (χ1v) is 8.81. The predicted octanol–water partition coefficient (Wildman–Crippen LogP) is 0.525. The second-order valence-electron chi connectivity index (χ2n) is 4.47. The van der Waals surface area contributed by atoms with Crippen LogP contribution in [0.2, 0.25) is 0 Å². The van der Waals surface area contributed by atoms with Crippen molar-refractivity contribution in [2.75, 3.05) is 10.6 Å². The highest BCUT2D eigenvalue weighted by molar-refractivity contribution is 7.88. The molecule has 4 N–H and O–H groups in total. The number of halogens is 4. The van der Waals surface area contributed by atoms with Crippen molar-refractivity contribution < 1.29 is 53.1 Å². The Hall–Kier alpha value is -2.30. The third kappa shape index (κ3) is 4.45. The van der Waals surface area contributed by atoms with E-state index in [2.05, 4.69) is 0 Å². The zero-order valence-corrected chi connectivity index (χ0v) is 13.6. The molecular weight excluding hydrogens is 416 g/mol. The lowest BCUT2D eigenvalue weighted by molar-refractivity contribution is -0.131. The van der Waals surface area contributed by atoms with Gasteiger partial charge >= 0.3 is 42.6 Å². The van der Waals surface area contributed by atoms with Crippen LogP contribution in [0, 0.1) is 0 Å². The van der Waals surface area contributed by atoms with Gasteiger partial charge in [-0.1, -0.05) is 0 Å². The summed E-state index contributed by atoms with van der Waals surface area (Å²) in [7, 11) is -12.1. The molecule has 146 valence electrons. The maximum atomic E-state index is 13.0. The highest BCUT2D eigenvalue weighted by Crippen LogP contribution is 2.25. The van der Waals surface area contributed by atoms with E-state index < -0.39 is 53.9 Å². The second-order valence-corrected chi connectivity index (χ2v) is 7.40. The van der Waals surface area contributed by atoms with E-state index in [4.69, 9.17) is 9.11 Å². The summed E-state index contributed by atoms with van der Waals surface area (Å²) in [5.41, 5.74) is -0.976. The van der Waals surface area contributed by atoms with Crippen LogP contribution in [0.25, 0.3) is 0 Å². The van der Waals surface area contributed by atoms with Gasteiger partial charge in [-0.3, -0.25) is 18.7 Å². The lowest BCUT2D eigenvalue weighted by Crippen LogP contribution is -2.41. The summed E-state index contributed by atoms with van der Waals surface area (Å²) in [5.74, 6) is -4.84. The molecule has 0 saturated carbocycles. The van der Waals surface area contributed by atoms with Crippen molar-refractivity contribution in [3.8, 4) is 0 Å². The van der Waals surface area contributed by atoms with Crippen LogP contribution in [-0.2, 0) is 29.8 Å². The van der Waals surface area contributed by atoms with Crippen LogP contribution in [0.15, 0.2) is 24.3 Å². The highest BCUT2D eigenvalue weighted by Gasteiger charge is 2.53. The zero-order valence-electron chi connectivity index (χ0n) is 12.0. The van der Waals surface area contributed by atoms with Crippen LogP contribution >= 0.6 is 0 Å². The molecule has 1 aromatic carbocycles. The first-order chi connectivity index (χ1) is 11.5. The Bertz CT molecular complexity index is 851. The molecule has 0 aromatic heterocycles. The summed E-state index contributed by atoms with van der Waals surface area (Å²) in [5, 5.41) is -7.54. The van der Waals surface area contributed by atoms with E-state index in [-0.39, 0.29) is 0 Å². The SMILES string of the molecule is O=C(Nc1ccc(NC(=O)C(F)(F)S(=O)(=O)O)cc1)C(F)(F)S(=O)(=O)O. The summed E-state index contributed by atoms with van der Waals surface area (Å²) >= 11 is 0. The molecule has 0 fully saturated rings. The molecule has 0 radical (unpaired) electrons. The maximum Gasteiger partial charge on any atom is 0.446 e. The molecule has 0 saturated heterocycles. The van der Waals surface area contributed by atoms with Crippen molar-refractivity contribution >= 4 is 43.4 Å². The predicted molar refractivity (Wildman–Crippen MR) is 76.7 cm³/mol. The highest BCUT2D eigenvalue weighted by atomic mass is 32.2. The van der Waals surface area contributed by atoms with Crippen molar-refractivity contribution in [1.29, 1.82) is 0 Å². The largest absolute Gasteiger partial charge is 0.446 e. The molecule has 0 heterocycles. The summed E-state index contributed by atoms with van der Waals surface area (Å²) in [6, 6.07) is 3.00. The van der Waals surface area contributed by atoms with Crippen LogP contribution in [0.4, 0.5) is 28.9 Å². The molecule has 16 heteroatoms. The van der Waals surface area contributed by atoms with Gasteiger partial charge in [0.1, 0.15) is 0 Å². The molecule has 26 heavy (non-hydrogen) atoms. The van der Waals surface area contributed by atoms with Gasteiger partial charge in [-0.05, 0) is 24.3 Å². The number of carbonyl (C=O) groups is 2. The summed E-state index contributed by atoms with van der Waals surface area (Å²) in [4.78, 5) is 22.2. The quantitative estimate of drug-likeness (QED) is 0.379. The number of amides is 2. The van der Waals surface area contributed by atoms with Gasteiger partial charge in [-0.2, -0.15) is 34.4 Å². The Morgan fingerprint density at radius 3 is 1.15 bits per heavy atom. The Balaban J connectivity index is 2.91. The molecule has 0 unspecified atom stereocenters. The molecular formula is C10H8F4N2O8S2. The molecule has 10 nitrogen and oxygen atoms in total. The van der Waals surface area contributed by atoms with E-state index in [0.717, 1.165) is 24.3 Å². The minimum Gasteiger partial charge on any atom is -0.320 e. The minimum atomic E-state index is -6.04. The van der Waals surface area contributed by atoms with Crippen LogP contribution in [0.1, 0.15) is 0 Å². The first-order valence-electron chi connectivity index (χ1n) is 5.93. The van der Waals surface area contributed by atoms with Crippen molar-refractivity contribution in [1.82, 2.24) is 0 Å². The number of hydrogen-bond acceptors (Lipinski definition) is 6. The van der Waals surface area contributed by atoms with Crippen molar-refractivity contribution in [3.05, 3.63) is 24.3 Å². The summed E-state index contributed by atoms with van der Waals surface area (Å²) < 4.78 is 110. The number of rotatable bonds is 6. The van der Waals surface area contributed by atoms with E-state index in [9.17, 15) is 44.0 Å². The van der Waals surface area contributed by atoms with Gasteiger partial charge in [0.2, 0.25) is 0 Å². The topological polar surface area (TPSA) is 167 Å². The smallest absolute Gasteiger partial charge is 0.320 e. The molecule has 1 rings (SSSR count).